The molecule has 0 aliphatic rings. The Morgan fingerprint density at radius 1 is 1.45 bits per heavy atom. The topological polar surface area (TPSA) is 84.1 Å². The van der Waals surface area contributed by atoms with Gasteiger partial charge in [0.05, 0.1) is 13.2 Å². The molecule has 0 saturated heterocycles. The maximum Gasteiger partial charge on any atom is 0.206 e. The summed E-state index contributed by atoms with van der Waals surface area (Å²) in [6, 6.07) is -0.502. The number of thiol groups is 1. The fourth-order valence-electron chi connectivity index (χ4n) is 0.638. The van der Waals surface area contributed by atoms with Gasteiger partial charge < -0.3 is 10.2 Å². The maximum atomic E-state index is 8.71. The van der Waals surface area contributed by atoms with Gasteiger partial charge >= 0.3 is 0 Å². The summed E-state index contributed by atoms with van der Waals surface area (Å²) in [7, 11) is 0. The van der Waals surface area contributed by atoms with Gasteiger partial charge in [-0.1, -0.05) is 0 Å². The number of hydrogen-bond donors (Lipinski definition) is 3. The van der Waals surface area contributed by atoms with Crippen LogP contribution in [0.15, 0.2) is 5.16 Å². The van der Waals surface area contributed by atoms with Crippen LogP contribution in [0, 0.1) is 0 Å². The zero-order valence-corrected chi connectivity index (χ0v) is 6.52. The molecule has 1 heterocycles. The van der Waals surface area contributed by atoms with Crippen molar-refractivity contribution in [2.24, 2.45) is 0 Å². The SMILES string of the molecule is OCC(CO)n1nnnc1S. The first kappa shape index (κ1) is 8.44. The van der Waals surface area contributed by atoms with Gasteiger partial charge in [-0.15, -0.1) is 17.7 Å². The predicted molar refractivity (Wildman–Crippen MR) is 38.3 cm³/mol. The first-order valence-corrected chi connectivity index (χ1v) is 3.43. The van der Waals surface area contributed by atoms with Crippen LogP contribution in [0.1, 0.15) is 6.04 Å². The molecule has 11 heavy (non-hydrogen) atoms. The van der Waals surface area contributed by atoms with E-state index in [2.05, 4.69) is 28.2 Å². The van der Waals surface area contributed by atoms with Gasteiger partial charge in [0.15, 0.2) is 0 Å². The average Bonchev–Trinajstić information content (AvgIpc) is 2.40. The van der Waals surface area contributed by atoms with Crippen molar-refractivity contribution in [1.82, 2.24) is 20.2 Å². The Morgan fingerprint density at radius 2 is 2.09 bits per heavy atom. The zero-order valence-electron chi connectivity index (χ0n) is 5.62. The lowest BCUT2D eigenvalue weighted by Gasteiger charge is -2.09. The van der Waals surface area contributed by atoms with E-state index in [1.54, 1.807) is 0 Å². The van der Waals surface area contributed by atoms with E-state index >= 15 is 0 Å². The minimum absolute atomic E-state index is 0.213. The number of aromatic nitrogens is 4. The van der Waals surface area contributed by atoms with E-state index < -0.39 is 6.04 Å². The summed E-state index contributed by atoms with van der Waals surface area (Å²) >= 11 is 3.90. The molecular weight excluding hydrogens is 168 g/mol. The molecule has 7 heteroatoms. The smallest absolute Gasteiger partial charge is 0.206 e. The summed E-state index contributed by atoms with van der Waals surface area (Å²) in [4.78, 5) is 0. The van der Waals surface area contributed by atoms with Crippen molar-refractivity contribution in [1.29, 1.82) is 0 Å². The normalized spacial score (nSPS) is 10.9. The van der Waals surface area contributed by atoms with Gasteiger partial charge in [0.25, 0.3) is 0 Å². The van der Waals surface area contributed by atoms with Crippen molar-refractivity contribution in [3.05, 3.63) is 0 Å². The number of nitrogens with zero attached hydrogens (tertiary/aromatic N) is 4. The van der Waals surface area contributed by atoms with E-state index in [4.69, 9.17) is 10.2 Å². The van der Waals surface area contributed by atoms with Crippen LogP contribution in [0.3, 0.4) is 0 Å². The van der Waals surface area contributed by atoms with Crippen molar-refractivity contribution < 1.29 is 10.2 Å². The molecule has 2 N–H and O–H groups in total. The third kappa shape index (κ3) is 1.67. The van der Waals surface area contributed by atoms with Crippen LogP contribution in [-0.2, 0) is 0 Å². The van der Waals surface area contributed by atoms with Crippen LogP contribution < -0.4 is 0 Å². The summed E-state index contributed by atoms with van der Waals surface area (Å²) in [6.45, 7) is -0.426. The highest BCUT2D eigenvalue weighted by molar-refractivity contribution is 7.80. The summed E-state index contributed by atoms with van der Waals surface area (Å²) in [5.74, 6) is 0. The van der Waals surface area contributed by atoms with E-state index in [0.29, 0.717) is 0 Å². The van der Waals surface area contributed by atoms with E-state index in [1.165, 1.54) is 4.68 Å². The number of rotatable bonds is 3. The van der Waals surface area contributed by atoms with E-state index in [1.807, 2.05) is 0 Å². The van der Waals surface area contributed by atoms with Crippen LogP contribution in [0.25, 0.3) is 0 Å². The second-order valence-corrected chi connectivity index (χ2v) is 2.34. The minimum atomic E-state index is -0.502. The van der Waals surface area contributed by atoms with E-state index in [-0.39, 0.29) is 18.4 Å². The van der Waals surface area contributed by atoms with Crippen LogP contribution >= 0.6 is 12.6 Å². The molecule has 0 aliphatic carbocycles. The molecule has 0 aliphatic heterocycles. The van der Waals surface area contributed by atoms with Crippen LogP contribution in [0.2, 0.25) is 0 Å². The van der Waals surface area contributed by atoms with Gasteiger partial charge in [-0.25, -0.2) is 4.68 Å². The number of aliphatic hydroxyl groups excluding tert-OH is 2. The Hall–Kier alpha value is -0.660. The van der Waals surface area contributed by atoms with E-state index in [9.17, 15) is 0 Å². The second-order valence-electron chi connectivity index (χ2n) is 1.94. The lowest BCUT2D eigenvalue weighted by Crippen LogP contribution is -2.19. The fourth-order valence-corrected chi connectivity index (χ4v) is 0.881. The molecule has 0 fully saturated rings. The maximum absolute atomic E-state index is 8.71. The first-order chi connectivity index (χ1) is 5.29. The monoisotopic (exact) mass is 176 g/mol. The number of hydrogen-bond acceptors (Lipinski definition) is 6. The van der Waals surface area contributed by atoms with Crippen LogP contribution in [0.4, 0.5) is 0 Å². The molecule has 6 nitrogen and oxygen atoms in total. The lowest BCUT2D eigenvalue weighted by atomic mass is 10.3. The minimum Gasteiger partial charge on any atom is -0.394 e. The molecule has 0 atom stereocenters. The molecule has 0 radical (unpaired) electrons. The Bertz CT molecular complexity index is 224. The van der Waals surface area contributed by atoms with Crippen LogP contribution in [-0.4, -0.2) is 43.6 Å². The van der Waals surface area contributed by atoms with E-state index in [0.717, 1.165) is 0 Å². The molecular formula is C4H8N4O2S. The fraction of sp³-hybridized carbons (Fsp3) is 0.750. The average molecular weight is 176 g/mol. The first-order valence-electron chi connectivity index (χ1n) is 2.98. The van der Waals surface area contributed by atoms with Crippen molar-refractivity contribution in [3.8, 4) is 0 Å². The highest BCUT2D eigenvalue weighted by Gasteiger charge is 2.12. The standard InChI is InChI=1S/C4H8N4O2S/c9-1-3(2-10)8-4(11)5-6-7-8/h3,9-10H,1-2H2,(H,5,7,11). The Labute approximate surface area is 68.3 Å². The van der Waals surface area contributed by atoms with Crippen LogP contribution in [0.5, 0.6) is 0 Å². The molecule has 0 bridgehead atoms. The van der Waals surface area contributed by atoms with Gasteiger partial charge in [0.1, 0.15) is 6.04 Å². The third-order valence-electron chi connectivity index (χ3n) is 1.24. The highest BCUT2D eigenvalue weighted by atomic mass is 32.1. The summed E-state index contributed by atoms with van der Waals surface area (Å²) < 4.78 is 1.25. The van der Waals surface area contributed by atoms with Gasteiger partial charge in [-0.2, -0.15) is 0 Å². The Morgan fingerprint density at radius 3 is 2.45 bits per heavy atom. The second kappa shape index (κ2) is 3.65. The predicted octanol–water partition coefficient (Wildman–Crippen LogP) is -1.51. The van der Waals surface area contributed by atoms with Crippen molar-refractivity contribution in [2.75, 3.05) is 13.2 Å². The molecule has 0 amide bonds. The molecule has 0 spiro atoms. The van der Waals surface area contributed by atoms with Crippen molar-refractivity contribution in [3.63, 3.8) is 0 Å². The molecule has 0 saturated carbocycles. The van der Waals surface area contributed by atoms with Gasteiger partial charge in [-0.3, -0.25) is 0 Å². The lowest BCUT2D eigenvalue weighted by molar-refractivity contribution is 0.138. The number of tetrazole rings is 1. The van der Waals surface area contributed by atoms with Crippen molar-refractivity contribution >= 4 is 12.6 Å². The third-order valence-corrected chi connectivity index (χ3v) is 1.54. The number of aliphatic hydroxyl groups is 2. The molecule has 1 rings (SSSR count). The van der Waals surface area contributed by atoms with Crippen molar-refractivity contribution in [2.45, 2.75) is 11.2 Å². The molecule has 1 aromatic rings. The molecule has 1 aromatic heterocycles. The highest BCUT2D eigenvalue weighted by Crippen LogP contribution is 2.06. The van der Waals surface area contributed by atoms with Gasteiger partial charge in [0, 0.05) is 0 Å². The summed E-state index contributed by atoms with van der Waals surface area (Å²) in [5, 5.41) is 28.0. The quantitative estimate of drug-likeness (QED) is 0.487. The molecule has 0 aromatic carbocycles. The Kier molecular flexibility index (Phi) is 2.80. The van der Waals surface area contributed by atoms with Gasteiger partial charge in [-0.05, 0) is 10.4 Å². The zero-order chi connectivity index (χ0) is 8.27. The summed E-state index contributed by atoms with van der Waals surface area (Å²) in [5.41, 5.74) is 0. The Balaban J connectivity index is 2.81. The summed E-state index contributed by atoms with van der Waals surface area (Å²) in [6.07, 6.45) is 0. The molecule has 62 valence electrons. The largest absolute Gasteiger partial charge is 0.394 e. The molecule has 0 unspecified atom stereocenters. The van der Waals surface area contributed by atoms with Gasteiger partial charge in [0.2, 0.25) is 5.16 Å².